The van der Waals surface area contributed by atoms with E-state index in [2.05, 4.69) is 0 Å². The quantitative estimate of drug-likeness (QED) is 0.262. The second-order valence-electron chi connectivity index (χ2n) is 2.79. The van der Waals surface area contributed by atoms with Gasteiger partial charge >= 0.3 is 0 Å². The van der Waals surface area contributed by atoms with E-state index in [1.54, 1.807) is 0 Å². The molecule has 0 aliphatic heterocycles. The van der Waals surface area contributed by atoms with Crippen molar-refractivity contribution in [3.8, 4) is 0 Å². The van der Waals surface area contributed by atoms with Crippen molar-refractivity contribution < 1.29 is 35.4 Å². The van der Waals surface area contributed by atoms with Gasteiger partial charge in [-0.25, -0.2) is 0 Å². The zero-order chi connectivity index (χ0) is 11.3. The van der Waals surface area contributed by atoms with Crippen LogP contribution in [0, 0.1) is 0 Å². The molecule has 0 rings (SSSR count). The van der Waals surface area contributed by atoms with Crippen molar-refractivity contribution >= 4 is 5.78 Å². The average Bonchev–Trinajstić information content (AvgIpc) is 2.23. The van der Waals surface area contributed by atoms with Gasteiger partial charge in [0.15, 0.2) is 5.78 Å². The van der Waals surface area contributed by atoms with E-state index in [0.29, 0.717) is 0 Å². The van der Waals surface area contributed by atoms with Crippen LogP contribution in [0.1, 0.15) is 0 Å². The Hall–Kier alpha value is -0.570. The molecule has 0 saturated carbocycles. The van der Waals surface area contributed by atoms with Crippen LogP contribution in [-0.4, -0.2) is 74.1 Å². The fourth-order valence-corrected chi connectivity index (χ4v) is 0.754. The van der Waals surface area contributed by atoms with Crippen LogP contribution < -0.4 is 0 Å². The largest absolute Gasteiger partial charge is 0.394 e. The molecular formula is C7H14O7. The monoisotopic (exact) mass is 210 g/mol. The third-order valence-electron chi connectivity index (χ3n) is 1.69. The summed E-state index contributed by atoms with van der Waals surface area (Å²) in [4.78, 5) is 11.0. The van der Waals surface area contributed by atoms with Gasteiger partial charge in [-0.1, -0.05) is 0 Å². The molecule has 0 unspecified atom stereocenters. The summed E-state index contributed by atoms with van der Waals surface area (Å²) in [6.07, 6.45) is -7.42. The van der Waals surface area contributed by atoms with Gasteiger partial charge in [-0.15, -0.1) is 0 Å². The fraction of sp³-hybridized carbons (Fsp3) is 0.857. The van der Waals surface area contributed by atoms with E-state index in [0.717, 1.165) is 0 Å². The second-order valence-corrected chi connectivity index (χ2v) is 2.79. The number of carbonyl (C=O) groups excluding carboxylic acids is 1. The van der Waals surface area contributed by atoms with Crippen LogP contribution in [-0.2, 0) is 4.79 Å². The first kappa shape index (κ1) is 13.4. The standard InChI is InChI=1S/C7H14O7/c8-1-3(10)5(12)7(14)6(13)4(11)2-9/h3-6,8-13H,1-2H2/t3-,4-,5+,6+/m0/s1. The maximum absolute atomic E-state index is 11.0. The molecule has 0 aliphatic carbocycles. The Balaban J connectivity index is 4.31. The number of rotatable bonds is 6. The van der Waals surface area contributed by atoms with E-state index >= 15 is 0 Å². The van der Waals surface area contributed by atoms with E-state index in [1.165, 1.54) is 0 Å². The van der Waals surface area contributed by atoms with Crippen LogP contribution in [0.2, 0.25) is 0 Å². The van der Waals surface area contributed by atoms with E-state index in [9.17, 15) is 4.79 Å². The Bertz CT molecular complexity index is 165. The summed E-state index contributed by atoms with van der Waals surface area (Å²) in [5.41, 5.74) is 0. The maximum atomic E-state index is 11.0. The molecule has 0 aromatic carbocycles. The average molecular weight is 210 g/mol. The molecule has 6 N–H and O–H groups in total. The highest BCUT2D eigenvalue weighted by molar-refractivity contribution is 5.88. The van der Waals surface area contributed by atoms with Gasteiger partial charge in [0.25, 0.3) is 0 Å². The summed E-state index contributed by atoms with van der Waals surface area (Å²) in [7, 11) is 0. The lowest BCUT2D eigenvalue weighted by molar-refractivity contribution is -0.150. The molecule has 0 heterocycles. The minimum absolute atomic E-state index is 0.852. The molecule has 0 radical (unpaired) electrons. The third-order valence-corrected chi connectivity index (χ3v) is 1.69. The number of ketones is 1. The van der Waals surface area contributed by atoms with Gasteiger partial charge in [0, 0.05) is 0 Å². The Morgan fingerprint density at radius 1 is 0.857 bits per heavy atom. The molecule has 0 aliphatic rings. The zero-order valence-electron chi connectivity index (χ0n) is 7.32. The predicted molar refractivity (Wildman–Crippen MR) is 43.2 cm³/mol. The van der Waals surface area contributed by atoms with Crippen LogP contribution in [0.3, 0.4) is 0 Å². The minimum atomic E-state index is -1.99. The normalized spacial score (nSPS) is 19.9. The van der Waals surface area contributed by atoms with Crippen molar-refractivity contribution in [3.05, 3.63) is 0 Å². The lowest BCUT2D eigenvalue weighted by atomic mass is 10.0. The van der Waals surface area contributed by atoms with Crippen LogP contribution in [0.25, 0.3) is 0 Å². The Morgan fingerprint density at radius 2 is 1.14 bits per heavy atom. The van der Waals surface area contributed by atoms with Crippen LogP contribution in [0.5, 0.6) is 0 Å². The maximum Gasteiger partial charge on any atom is 0.195 e. The first-order chi connectivity index (χ1) is 6.45. The first-order valence-electron chi connectivity index (χ1n) is 3.93. The minimum Gasteiger partial charge on any atom is -0.394 e. The smallest absolute Gasteiger partial charge is 0.195 e. The lowest BCUT2D eigenvalue weighted by Crippen LogP contribution is -2.47. The van der Waals surface area contributed by atoms with Crippen LogP contribution in [0.15, 0.2) is 0 Å². The number of Topliss-reactive ketones (excluding diaryl/α,β-unsaturated/α-hetero) is 1. The van der Waals surface area contributed by atoms with Gasteiger partial charge in [0.1, 0.15) is 24.4 Å². The number of hydrogen-bond donors (Lipinski definition) is 6. The molecule has 0 aromatic rings. The molecule has 7 heteroatoms. The zero-order valence-corrected chi connectivity index (χ0v) is 7.32. The Labute approximate surface area is 79.9 Å². The number of hydrogen-bond acceptors (Lipinski definition) is 7. The summed E-state index contributed by atoms with van der Waals surface area (Å²) in [6.45, 7) is -1.70. The van der Waals surface area contributed by atoms with Crippen LogP contribution in [0.4, 0.5) is 0 Å². The van der Waals surface area contributed by atoms with Gasteiger partial charge in [-0.05, 0) is 0 Å². The lowest BCUT2D eigenvalue weighted by Gasteiger charge is -2.20. The van der Waals surface area contributed by atoms with Gasteiger partial charge in [-0.3, -0.25) is 4.79 Å². The fourth-order valence-electron chi connectivity index (χ4n) is 0.754. The second kappa shape index (κ2) is 6.02. The van der Waals surface area contributed by atoms with Gasteiger partial charge in [0.2, 0.25) is 0 Å². The van der Waals surface area contributed by atoms with E-state index < -0.39 is 43.4 Å². The third kappa shape index (κ3) is 3.29. The SMILES string of the molecule is O=C([C@H](O)[C@@H](O)CO)[C@H](O)[C@@H](O)CO. The first-order valence-corrected chi connectivity index (χ1v) is 3.93. The summed E-state index contributed by atoms with van der Waals surface area (Å²) < 4.78 is 0. The summed E-state index contributed by atoms with van der Waals surface area (Å²) in [6, 6.07) is 0. The topological polar surface area (TPSA) is 138 Å². The van der Waals surface area contributed by atoms with Crippen molar-refractivity contribution in [1.82, 2.24) is 0 Å². The predicted octanol–water partition coefficient (Wildman–Crippen LogP) is -4.02. The van der Waals surface area contributed by atoms with Crippen molar-refractivity contribution in [3.63, 3.8) is 0 Å². The van der Waals surface area contributed by atoms with Gasteiger partial charge in [-0.2, -0.15) is 0 Å². The van der Waals surface area contributed by atoms with Crippen molar-refractivity contribution in [2.45, 2.75) is 24.4 Å². The summed E-state index contributed by atoms with van der Waals surface area (Å²) in [5, 5.41) is 52.4. The highest BCUT2D eigenvalue weighted by Crippen LogP contribution is 2.02. The van der Waals surface area contributed by atoms with Gasteiger partial charge < -0.3 is 30.6 Å². The molecule has 0 saturated heterocycles. The van der Waals surface area contributed by atoms with Crippen molar-refractivity contribution in [2.75, 3.05) is 13.2 Å². The molecule has 0 fully saturated rings. The van der Waals surface area contributed by atoms with E-state index in [-0.39, 0.29) is 0 Å². The molecule has 0 amide bonds. The molecule has 7 nitrogen and oxygen atoms in total. The van der Waals surface area contributed by atoms with E-state index in [4.69, 9.17) is 30.6 Å². The summed E-state index contributed by atoms with van der Waals surface area (Å²) in [5.74, 6) is -1.26. The molecule has 84 valence electrons. The highest BCUT2D eigenvalue weighted by Gasteiger charge is 2.32. The van der Waals surface area contributed by atoms with Gasteiger partial charge in [0.05, 0.1) is 13.2 Å². The highest BCUT2D eigenvalue weighted by atomic mass is 16.4. The Kier molecular flexibility index (Phi) is 5.77. The molecule has 14 heavy (non-hydrogen) atoms. The molecular weight excluding hydrogens is 196 g/mol. The number of carbonyl (C=O) groups is 1. The number of aliphatic hydroxyl groups excluding tert-OH is 6. The molecule has 0 bridgehead atoms. The van der Waals surface area contributed by atoms with Crippen molar-refractivity contribution in [1.29, 1.82) is 0 Å². The molecule has 4 atom stereocenters. The Morgan fingerprint density at radius 3 is 1.36 bits per heavy atom. The molecule has 0 aromatic heterocycles. The van der Waals surface area contributed by atoms with Crippen LogP contribution >= 0.6 is 0 Å². The van der Waals surface area contributed by atoms with E-state index in [1.807, 2.05) is 0 Å². The molecule has 0 spiro atoms. The van der Waals surface area contributed by atoms with Crippen molar-refractivity contribution in [2.24, 2.45) is 0 Å². The number of aliphatic hydroxyl groups is 6. The summed E-state index contributed by atoms with van der Waals surface area (Å²) >= 11 is 0.